The van der Waals surface area contributed by atoms with E-state index in [9.17, 15) is 0 Å². The van der Waals surface area contributed by atoms with Crippen LogP contribution in [-0.4, -0.2) is 66.9 Å². The number of fused-ring (bicyclic) bond motifs is 1. The zero-order valence-corrected chi connectivity index (χ0v) is 22.9. The summed E-state index contributed by atoms with van der Waals surface area (Å²) in [7, 11) is 1.95. The van der Waals surface area contributed by atoms with Crippen molar-refractivity contribution in [3.8, 4) is 0 Å². The summed E-state index contributed by atoms with van der Waals surface area (Å²) in [4.78, 5) is 18.9. The van der Waals surface area contributed by atoms with E-state index in [1.165, 1.54) is 22.0 Å². The molecule has 2 aliphatic heterocycles. The Morgan fingerprint density at radius 2 is 1.86 bits per heavy atom. The average molecular weight is 504 g/mol. The first-order valence-corrected chi connectivity index (χ1v) is 13.7. The lowest BCUT2D eigenvalue weighted by Crippen LogP contribution is -2.53. The molecule has 8 heteroatoms. The lowest BCUT2D eigenvalue weighted by Gasteiger charge is -2.47. The van der Waals surface area contributed by atoms with E-state index in [4.69, 9.17) is 14.7 Å². The van der Waals surface area contributed by atoms with Gasteiger partial charge in [-0.05, 0) is 67.8 Å². The number of rotatable bonds is 9. The van der Waals surface area contributed by atoms with Gasteiger partial charge in [-0.15, -0.1) is 0 Å². The quantitative estimate of drug-likeness (QED) is 0.398. The summed E-state index contributed by atoms with van der Waals surface area (Å²) >= 11 is 0. The molecule has 0 unspecified atom stereocenters. The molecule has 2 aromatic heterocycles. The van der Waals surface area contributed by atoms with Gasteiger partial charge in [-0.2, -0.15) is 4.98 Å². The van der Waals surface area contributed by atoms with Crippen molar-refractivity contribution in [1.82, 2.24) is 20.3 Å². The zero-order valence-electron chi connectivity index (χ0n) is 22.9. The van der Waals surface area contributed by atoms with Gasteiger partial charge in [0, 0.05) is 55.7 Å². The molecule has 0 aliphatic carbocycles. The molecule has 2 N–H and O–H groups in total. The Labute approximate surface area is 220 Å². The van der Waals surface area contributed by atoms with Crippen LogP contribution in [0.3, 0.4) is 0 Å². The maximum atomic E-state index is 5.96. The van der Waals surface area contributed by atoms with Gasteiger partial charge in [0.25, 0.3) is 0 Å². The molecule has 8 nitrogen and oxygen atoms in total. The fraction of sp³-hybridized carbons (Fsp3) is 0.552. The molecule has 2 atom stereocenters. The zero-order chi connectivity index (χ0) is 25.9. The van der Waals surface area contributed by atoms with Crippen molar-refractivity contribution in [2.45, 2.75) is 58.6 Å². The number of nitrogens with one attached hydrogen (secondary N) is 2. The molecule has 4 heterocycles. The summed E-state index contributed by atoms with van der Waals surface area (Å²) in [6.07, 6.45) is 6.15. The van der Waals surface area contributed by atoms with Crippen LogP contribution in [0.15, 0.2) is 36.7 Å². The Balaban J connectivity index is 1.33. The van der Waals surface area contributed by atoms with Gasteiger partial charge in [-0.3, -0.25) is 0 Å². The fourth-order valence-corrected chi connectivity index (χ4v) is 5.44. The van der Waals surface area contributed by atoms with E-state index < -0.39 is 0 Å². The highest BCUT2D eigenvalue weighted by atomic mass is 16.5. The predicted octanol–water partition coefficient (Wildman–Crippen LogP) is 4.94. The van der Waals surface area contributed by atoms with Crippen LogP contribution >= 0.6 is 0 Å². The van der Waals surface area contributed by atoms with Gasteiger partial charge in [-0.25, -0.2) is 9.97 Å². The monoisotopic (exact) mass is 503 g/mol. The van der Waals surface area contributed by atoms with Crippen molar-refractivity contribution in [2.75, 3.05) is 55.0 Å². The Kier molecular flexibility index (Phi) is 7.76. The minimum atomic E-state index is 0.315. The third kappa shape index (κ3) is 5.50. The van der Waals surface area contributed by atoms with Crippen molar-refractivity contribution in [2.24, 2.45) is 5.92 Å². The van der Waals surface area contributed by atoms with Gasteiger partial charge in [0.1, 0.15) is 11.6 Å². The van der Waals surface area contributed by atoms with E-state index in [2.05, 4.69) is 71.3 Å². The fourth-order valence-electron chi connectivity index (χ4n) is 5.44. The first-order valence-electron chi connectivity index (χ1n) is 13.7. The van der Waals surface area contributed by atoms with E-state index in [0.29, 0.717) is 18.1 Å². The first-order chi connectivity index (χ1) is 17.9. The molecule has 2 fully saturated rings. The van der Waals surface area contributed by atoms with Crippen LogP contribution in [0.25, 0.3) is 10.8 Å². The second kappa shape index (κ2) is 11.2. The third-order valence-corrected chi connectivity index (χ3v) is 7.97. The van der Waals surface area contributed by atoms with Crippen LogP contribution in [0.2, 0.25) is 0 Å². The molecule has 3 aromatic rings. The molecule has 0 spiro atoms. The van der Waals surface area contributed by atoms with Crippen LogP contribution in [-0.2, 0) is 4.74 Å². The first kappa shape index (κ1) is 25.7. The molecular formula is C29H41N7O. The number of pyridine rings is 1. The number of ether oxygens (including phenoxy) is 1. The van der Waals surface area contributed by atoms with E-state index in [1.807, 2.05) is 25.5 Å². The van der Waals surface area contributed by atoms with E-state index in [0.717, 1.165) is 69.1 Å². The Morgan fingerprint density at radius 3 is 2.57 bits per heavy atom. The van der Waals surface area contributed by atoms with Crippen LogP contribution in [0, 0.1) is 5.92 Å². The second-order valence-electron chi connectivity index (χ2n) is 10.8. The number of likely N-dealkylation sites (N-methyl/N-ethyl adjacent to an activating group) is 1. The highest BCUT2D eigenvalue weighted by Crippen LogP contribution is 2.39. The van der Waals surface area contributed by atoms with Gasteiger partial charge in [-0.1, -0.05) is 26.8 Å². The summed E-state index contributed by atoms with van der Waals surface area (Å²) < 4.78 is 5.96. The summed E-state index contributed by atoms with van der Waals surface area (Å²) in [5.74, 6) is 3.47. The topological polar surface area (TPSA) is 78.4 Å². The van der Waals surface area contributed by atoms with E-state index in [1.54, 1.807) is 0 Å². The summed E-state index contributed by atoms with van der Waals surface area (Å²) in [6, 6.07) is 9.20. The highest BCUT2D eigenvalue weighted by molar-refractivity contribution is 5.98. The molecule has 2 aliphatic rings. The largest absolute Gasteiger partial charge is 0.377 e. The van der Waals surface area contributed by atoms with Crippen molar-refractivity contribution in [1.29, 1.82) is 0 Å². The number of nitrogens with zero attached hydrogens (tertiary/aromatic N) is 5. The molecule has 198 valence electrons. The molecule has 0 radical (unpaired) electrons. The number of aromatic nitrogens is 3. The van der Waals surface area contributed by atoms with E-state index >= 15 is 0 Å². The smallest absolute Gasteiger partial charge is 0.227 e. The molecule has 5 rings (SSSR count). The summed E-state index contributed by atoms with van der Waals surface area (Å²) in [6.45, 7) is 13.7. The number of hydrogen-bond acceptors (Lipinski definition) is 8. The van der Waals surface area contributed by atoms with Crippen molar-refractivity contribution in [3.05, 3.63) is 42.2 Å². The van der Waals surface area contributed by atoms with Crippen LogP contribution in [0.5, 0.6) is 0 Å². The maximum absolute atomic E-state index is 5.96. The van der Waals surface area contributed by atoms with Gasteiger partial charge >= 0.3 is 0 Å². The van der Waals surface area contributed by atoms with Gasteiger partial charge in [0.15, 0.2) is 0 Å². The SMILES string of the molecule is CNCCOC1CCN(c2nccc(Nc3cc4c(C(C)C)ccc(N5C[C@H](C)[C@H]5C)c4cn3)n2)CC1. The summed E-state index contributed by atoms with van der Waals surface area (Å²) in [5.41, 5.74) is 2.63. The molecule has 0 amide bonds. The lowest BCUT2D eigenvalue weighted by atomic mass is 9.89. The second-order valence-corrected chi connectivity index (χ2v) is 10.8. The molecule has 0 bridgehead atoms. The number of piperidine rings is 1. The van der Waals surface area contributed by atoms with Crippen LogP contribution < -0.4 is 20.4 Å². The Bertz CT molecular complexity index is 1210. The number of hydrogen-bond donors (Lipinski definition) is 2. The van der Waals surface area contributed by atoms with Gasteiger partial charge in [0.05, 0.1) is 12.7 Å². The molecular weight excluding hydrogens is 462 g/mol. The van der Waals surface area contributed by atoms with Gasteiger partial charge < -0.3 is 25.2 Å². The third-order valence-electron chi connectivity index (χ3n) is 7.97. The standard InChI is InChI=1S/C29H41N7O/c1-19(2)23-6-7-26(36-18-20(3)21(36)4)25-17-32-28(16-24(23)25)33-27-8-11-31-29(34-27)35-13-9-22(10-14-35)37-15-12-30-5/h6-8,11,16-17,19-22,30H,9-10,12-15,18H2,1-5H3,(H,31,32,33,34)/t20-,21+/m0/s1. The molecule has 1 aromatic carbocycles. The van der Waals surface area contributed by atoms with Crippen molar-refractivity contribution in [3.63, 3.8) is 0 Å². The van der Waals surface area contributed by atoms with Crippen molar-refractivity contribution < 1.29 is 4.74 Å². The molecule has 0 saturated carbocycles. The highest BCUT2D eigenvalue weighted by Gasteiger charge is 2.33. The van der Waals surface area contributed by atoms with Crippen molar-refractivity contribution >= 4 is 34.0 Å². The lowest BCUT2D eigenvalue weighted by molar-refractivity contribution is 0.0395. The normalized spacial score (nSPS) is 20.5. The van der Waals surface area contributed by atoms with E-state index in [-0.39, 0.29) is 0 Å². The number of anilines is 4. The molecule has 2 saturated heterocycles. The molecule has 37 heavy (non-hydrogen) atoms. The predicted molar refractivity (Wildman–Crippen MR) is 152 cm³/mol. The summed E-state index contributed by atoms with van der Waals surface area (Å²) in [5, 5.41) is 9.05. The van der Waals surface area contributed by atoms with Gasteiger partial charge in [0.2, 0.25) is 5.95 Å². The minimum Gasteiger partial charge on any atom is -0.377 e. The number of benzene rings is 1. The average Bonchev–Trinajstić information content (AvgIpc) is 2.91. The minimum absolute atomic E-state index is 0.315. The Morgan fingerprint density at radius 1 is 1.05 bits per heavy atom. The van der Waals surface area contributed by atoms with Crippen LogP contribution in [0.4, 0.5) is 23.3 Å². The maximum Gasteiger partial charge on any atom is 0.227 e. The van der Waals surface area contributed by atoms with Crippen LogP contribution in [0.1, 0.15) is 52.0 Å². The Hall–Kier alpha value is -2.97.